The molecule has 1 aromatic carbocycles. The summed E-state index contributed by atoms with van der Waals surface area (Å²) < 4.78 is 47.9. The number of hydrazone groups is 1. The van der Waals surface area contributed by atoms with Crippen molar-refractivity contribution in [2.24, 2.45) is 17.1 Å². The number of hydrogen-bond acceptors (Lipinski definition) is 5. The van der Waals surface area contributed by atoms with Gasteiger partial charge in [0, 0.05) is 19.2 Å². The molecule has 162 valence electrons. The van der Waals surface area contributed by atoms with Crippen LogP contribution in [0.4, 0.5) is 13.2 Å². The van der Waals surface area contributed by atoms with E-state index in [0.29, 0.717) is 17.4 Å². The maximum Gasteiger partial charge on any atom is 0.419 e. The van der Waals surface area contributed by atoms with Gasteiger partial charge in [-0.05, 0) is 42.3 Å². The number of aliphatic imine (C=N–C) groups is 1. The molecule has 0 amide bonds. The molecule has 31 heavy (non-hydrogen) atoms. The molecular weight excluding hydrogens is 409 g/mol. The smallest absolute Gasteiger partial charge is 0.419 e. The number of nitrogens with zero attached hydrogens (tertiary/aromatic N) is 4. The van der Waals surface area contributed by atoms with E-state index >= 15 is 0 Å². The fraction of sp³-hybridized carbons (Fsp3) is 0.286. The highest BCUT2D eigenvalue weighted by Crippen LogP contribution is 2.28. The molecule has 3 aromatic rings. The quantitative estimate of drug-likeness (QED) is 0.371. The van der Waals surface area contributed by atoms with Crippen LogP contribution in [0.5, 0.6) is 5.75 Å². The molecule has 0 saturated heterocycles. The van der Waals surface area contributed by atoms with E-state index in [2.05, 4.69) is 20.8 Å². The van der Waals surface area contributed by atoms with Crippen molar-refractivity contribution in [1.82, 2.24) is 15.3 Å². The van der Waals surface area contributed by atoms with Crippen LogP contribution in [0.15, 0.2) is 58.9 Å². The number of fused-ring (bicyclic) bond motifs is 1. The first-order valence-corrected chi connectivity index (χ1v) is 9.77. The molecule has 0 spiro atoms. The second kappa shape index (κ2) is 8.66. The average molecular weight is 431 g/mol. The Morgan fingerprint density at radius 2 is 2.03 bits per heavy atom. The van der Waals surface area contributed by atoms with Gasteiger partial charge in [0.15, 0.2) is 12.3 Å². The lowest BCUT2D eigenvalue weighted by Crippen LogP contribution is -2.38. The third kappa shape index (κ3) is 4.96. The minimum Gasteiger partial charge on any atom is -0.485 e. The summed E-state index contributed by atoms with van der Waals surface area (Å²) in [6.07, 6.45) is 1.03. The number of alkyl halides is 3. The van der Waals surface area contributed by atoms with E-state index < -0.39 is 11.7 Å². The van der Waals surface area contributed by atoms with Crippen LogP contribution < -0.4 is 19.9 Å². The van der Waals surface area contributed by atoms with E-state index in [1.165, 1.54) is 10.5 Å². The fourth-order valence-electron chi connectivity index (χ4n) is 3.18. The summed E-state index contributed by atoms with van der Waals surface area (Å²) >= 11 is 0. The number of nitrogens with one attached hydrogen (secondary N) is 2. The average Bonchev–Trinajstić information content (AvgIpc) is 3.08. The number of imidazole rings is 1. The van der Waals surface area contributed by atoms with Crippen LogP contribution in [-0.2, 0) is 19.8 Å². The molecule has 0 atom stereocenters. The monoisotopic (exact) mass is 431 g/mol. The lowest BCUT2D eigenvalue weighted by atomic mass is 10.2. The molecule has 2 N–H and O–H groups in total. The SMILES string of the molecule is Cn1c(COc2ccc(/C=N/NC3=NCCCN3)cc2)c[n+]2cc(C(F)(F)F)ccc12. The van der Waals surface area contributed by atoms with Crippen LogP contribution in [0.1, 0.15) is 23.2 Å². The second-order valence-corrected chi connectivity index (χ2v) is 7.10. The topological polar surface area (TPSA) is 67.0 Å². The van der Waals surface area contributed by atoms with E-state index in [9.17, 15) is 13.2 Å². The first-order valence-electron chi connectivity index (χ1n) is 9.77. The van der Waals surface area contributed by atoms with Crippen LogP contribution in [0.3, 0.4) is 0 Å². The van der Waals surface area contributed by atoms with Crippen molar-refractivity contribution in [2.75, 3.05) is 13.1 Å². The number of guanidine groups is 1. The molecular formula is C21H22F3N6O+. The summed E-state index contributed by atoms with van der Waals surface area (Å²) in [5.41, 5.74) is 4.44. The zero-order chi connectivity index (χ0) is 21.8. The summed E-state index contributed by atoms with van der Waals surface area (Å²) in [4.78, 5) is 4.27. The van der Waals surface area contributed by atoms with Crippen LogP contribution >= 0.6 is 0 Å². The molecule has 10 heteroatoms. The van der Waals surface area contributed by atoms with Gasteiger partial charge in [0.25, 0.3) is 5.65 Å². The normalized spacial score (nSPS) is 14.5. The van der Waals surface area contributed by atoms with Crippen molar-refractivity contribution in [3.05, 3.63) is 65.6 Å². The summed E-state index contributed by atoms with van der Waals surface area (Å²) in [7, 11) is 1.79. The van der Waals surface area contributed by atoms with Crippen LogP contribution in [0.25, 0.3) is 5.65 Å². The van der Waals surface area contributed by atoms with E-state index in [-0.39, 0.29) is 6.61 Å². The van der Waals surface area contributed by atoms with Gasteiger partial charge in [-0.25, -0.2) is 14.4 Å². The molecule has 1 aliphatic heterocycles. The Balaban J connectivity index is 1.38. The molecule has 0 saturated carbocycles. The molecule has 4 rings (SSSR count). The third-order valence-corrected chi connectivity index (χ3v) is 4.89. The van der Waals surface area contributed by atoms with Crippen molar-refractivity contribution in [1.29, 1.82) is 0 Å². The Hall–Kier alpha value is -3.56. The summed E-state index contributed by atoms with van der Waals surface area (Å²) in [6, 6.07) is 9.88. The summed E-state index contributed by atoms with van der Waals surface area (Å²) in [5.74, 6) is 1.31. The Morgan fingerprint density at radius 1 is 1.23 bits per heavy atom. The van der Waals surface area contributed by atoms with Gasteiger partial charge < -0.3 is 10.1 Å². The Kier molecular flexibility index (Phi) is 5.79. The fourth-order valence-corrected chi connectivity index (χ4v) is 3.18. The number of rotatable bonds is 5. The van der Waals surface area contributed by atoms with E-state index in [4.69, 9.17) is 4.74 Å². The van der Waals surface area contributed by atoms with E-state index in [1.54, 1.807) is 24.0 Å². The lowest BCUT2D eigenvalue weighted by Gasteiger charge is -2.12. The number of halogens is 3. The molecule has 2 aromatic heterocycles. The molecule has 0 aliphatic carbocycles. The number of ether oxygens (including phenoxy) is 1. The van der Waals surface area contributed by atoms with Crippen molar-refractivity contribution >= 4 is 17.8 Å². The zero-order valence-corrected chi connectivity index (χ0v) is 16.9. The van der Waals surface area contributed by atoms with Gasteiger partial charge in [0.2, 0.25) is 5.96 Å². The van der Waals surface area contributed by atoms with E-state index in [1.807, 2.05) is 24.3 Å². The zero-order valence-electron chi connectivity index (χ0n) is 16.9. The van der Waals surface area contributed by atoms with Gasteiger partial charge in [-0.1, -0.05) is 0 Å². The van der Waals surface area contributed by atoms with E-state index in [0.717, 1.165) is 43.0 Å². The van der Waals surface area contributed by atoms with Crippen molar-refractivity contribution in [2.45, 2.75) is 19.2 Å². The maximum absolute atomic E-state index is 12.9. The van der Waals surface area contributed by atoms with Gasteiger partial charge in [-0.3, -0.25) is 4.99 Å². The standard InChI is InChI=1S/C21H22F3N6O/c1-29-17(13-30-12-16(21(22,23)24)5-8-19(29)30)14-31-18-6-3-15(4-7-18)11-27-28-20-25-9-2-10-26-20/h3-8,11-13H,2,9-10,14H2,1H3,(H2,25,26,28)/q+1/b27-11+. The van der Waals surface area contributed by atoms with Gasteiger partial charge >= 0.3 is 6.18 Å². The van der Waals surface area contributed by atoms with Gasteiger partial charge in [0.05, 0.1) is 18.8 Å². The highest BCUT2D eigenvalue weighted by atomic mass is 19.4. The highest BCUT2D eigenvalue weighted by Gasteiger charge is 2.32. The first kappa shape index (κ1) is 20.7. The number of hydrogen-bond donors (Lipinski definition) is 2. The number of pyridine rings is 1. The molecule has 7 nitrogen and oxygen atoms in total. The second-order valence-electron chi connectivity index (χ2n) is 7.10. The maximum atomic E-state index is 12.9. The minimum absolute atomic E-state index is 0.222. The predicted octanol–water partition coefficient (Wildman–Crippen LogP) is 2.63. The Morgan fingerprint density at radius 3 is 2.74 bits per heavy atom. The Labute approximate surface area is 176 Å². The lowest BCUT2D eigenvalue weighted by molar-refractivity contribution is -0.512. The highest BCUT2D eigenvalue weighted by molar-refractivity contribution is 5.84. The van der Waals surface area contributed by atoms with Gasteiger partial charge in [-0.15, -0.1) is 0 Å². The van der Waals surface area contributed by atoms with Crippen molar-refractivity contribution in [3.8, 4) is 5.75 Å². The van der Waals surface area contributed by atoms with Crippen molar-refractivity contribution in [3.63, 3.8) is 0 Å². The van der Waals surface area contributed by atoms with Crippen LogP contribution in [0, 0.1) is 0 Å². The number of benzene rings is 1. The van der Waals surface area contributed by atoms with Crippen LogP contribution in [0.2, 0.25) is 0 Å². The van der Waals surface area contributed by atoms with Crippen molar-refractivity contribution < 1.29 is 22.3 Å². The number of aryl methyl sites for hydroxylation is 1. The molecule has 0 fully saturated rings. The summed E-state index contributed by atoms with van der Waals surface area (Å²) in [5, 5.41) is 7.27. The molecule has 1 aliphatic rings. The van der Waals surface area contributed by atoms with Crippen LogP contribution in [-0.4, -0.2) is 29.8 Å². The third-order valence-electron chi connectivity index (χ3n) is 4.89. The molecule has 0 bridgehead atoms. The summed E-state index contributed by atoms with van der Waals surface area (Å²) in [6.45, 7) is 1.89. The molecule has 3 heterocycles. The van der Waals surface area contributed by atoms with Gasteiger partial charge in [0.1, 0.15) is 18.1 Å². The predicted molar refractivity (Wildman–Crippen MR) is 110 cm³/mol. The first-order chi connectivity index (χ1) is 14.9. The minimum atomic E-state index is -4.38. The molecule has 0 unspecified atom stereocenters. The van der Waals surface area contributed by atoms with Gasteiger partial charge in [-0.2, -0.15) is 18.3 Å². The molecule has 0 radical (unpaired) electrons. The number of aromatic nitrogens is 2. The largest absolute Gasteiger partial charge is 0.485 e. The Bertz CT molecular complexity index is 1120.